The molecule has 1 saturated heterocycles. The fourth-order valence-corrected chi connectivity index (χ4v) is 2.37. The lowest BCUT2D eigenvalue weighted by Crippen LogP contribution is -2.48. The summed E-state index contributed by atoms with van der Waals surface area (Å²) in [6, 6.07) is 9.58. The monoisotopic (exact) mass is 233 g/mol. The summed E-state index contributed by atoms with van der Waals surface area (Å²) >= 11 is 0. The summed E-state index contributed by atoms with van der Waals surface area (Å²) in [5.74, 6) is 0.246. The molecule has 0 aromatic heterocycles. The van der Waals surface area contributed by atoms with Crippen molar-refractivity contribution in [1.82, 2.24) is 5.32 Å². The van der Waals surface area contributed by atoms with Crippen molar-refractivity contribution in [1.29, 1.82) is 0 Å². The SMILES string of the molecule is CCC1CC(=O)CC([C@H](O)c2ccccc2)N1. The molecule has 0 spiro atoms. The number of benzene rings is 1. The van der Waals surface area contributed by atoms with Crippen molar-refractivity contribution in [2.24, 2.45) is 0 Å². The van der Waals surface area contributed by atoms with Gasteiger partial charge in [-0.3, -0.25) is 4.79 Å². The molecule has 3 heteroatoms. The molecule has 92 valence electrons. The maximum absolute atomic E-state index is 11.6. The number of hydrogen-bond donors (Lipinski definition) is 2. The molecule has 3 atom stereocenters. The van der Waals surface area contributed by atoms with E-state index in [-0.39, 0.29) is 17.9 Å². The van der Waals surface area contributed by atoms with Gasteiger partial charge in [0.15, 0.2) is 0 Å². The minimum Gasteiger partial charge on any atom is -0.387 e. The van der Waals surface area contributed by atoms with E-state index in [0.717, 1.165) is 12.0 Å². The molecule has 1 heterocycles. The van der Waals surface area contributed by atoms with Crippen LogP contribution in [0.3, 0.4) is 0 Å². The van der Waals surface area contributed by atoms with Crippen molar-refractivity contribution >= 4 is 5.78 Å². The summed E-state index contributed by atoms with van der Waals surface area (Å²) in [5.41, 5.74) is 0.870. The van der Waals surface area contributed by atoms with Crippen LogP contribution in [0.15, 0.2) is 30.3 Å². The van der Waals surface area contributed by atoms with E-state index in [1.54, 1.807) is 0 Å². The van der Waals surface area contributed by atoms with E-state index >= 15 is 0 Å². The van der Waals surface area contributed by atoms with Gasteiger partial charge in [0, 0.05) is 24.9 Å². The van der Waals surface area contributed by atoms with Gasteiger partial charge in [-0.15, -0.1) is 0 Å². The zero-order chi connectivity index (χ0) is 12.3. The van der Waals surface area contributed by atoms with E-state index in [4.69, 9.17) is 0 Å². The van der Waals surface area contributed by atoms with Gasteiger partial charge in [0.2, 0.25) is 0 Å². The molecule has 2 unspecified atom stereocenters. The van der Waals surface area contributed by atoms with Gasteiger partial charge in [0.1, 0.15) is 5.78 Å². The van der Waals surface area contributed by atoms with Crippen LogP contribution in [0.5, 0.6) is 0 Å². The maximum atomic E-state index is 11.6. The molecule has 2 N–H and O–H groups in total. The maximum Gasteiger partial charge on any atom is 0.136 e. The molecule has 0 saturated carbocycles. The topological polar surface area (TPSA) is 49.3 Å². The molecular weight excluding hydrogens is 214 g/mol. The first-order chi connectivity index (χ1) is 8.20. The Bertz CT molecular complexity index is 377. The first-order valence-electron chi connectivity index (χ1n) is 6.21. The number of Topliss-reactive ketones (excluding diaryl/α,β-unsaturated/α-hetero) is 1. The molecule has 3 nitrogen and oxygen atoms in total. The number of piperidine rings is 1. The van der Waals surface area contributed by atoms with Gasteiger partial charge < -0.3 is 10.4 Å². The van der Waals surface area contributed by atoms with Crippen molar-refractivity contribution in [2.75, 3.05) is 0 Å². The van der Waals surface area contributed by atoms with Crippen LogP contribution in [-0.2, 0) is 4.79 Å². The standard InChI is InChI=1S/C14H19NO2/c1-2-11-8-12(16)9-13(15-11)14(17)10-6-4-3-5-7-10/h3-7,11,13-15,17H,2,8-9H2,1H3/t11?,13?,14-/m1/s1. The Balaban J connectivity index is 2.09. The van der Waals surface area contributed by atoms with Crippen LogP contribution >= 0.6 is 0 Å². The average Bonchev–Trinajstić information content (AvgIpc) is 2.38. The van der Waals surface area contributed by atoms with Gasteiger partial charge in [0.25, 0.3) is 0 Å². The first-order valence-corrected chi connectivity index (χ1v) is 6.21. The summed E-state index contributed by atoms with van der Waals surface area (Å²) in [6.45, 7) is 2.06. The van der Waals surface area contributed by atoms with Crippen molar-refractivity contribution in [3.05, 3.63) is 35.9 Å². The third-order valence-electron chi connectivity index (χ3n) is 3.39. The second kappa shape index (κ2) is 5.43. The molecule has 1 aliphatic rings. The number of aliphatic hydroxyl groups is 1. The largest absolute Gasteiger partial charge is 0.387 e. The fraction of sp³-hybridized carbons (Fsp3) is 0.500. The van der Waals surface area contributed by atoms with Crippen LogP contribution in [0.1, 0.15) is 37.9 Å². The first kappa shape index (κ1) is 12.3. The molecule has 1 aromatic rings. The second-order valence-corrected chi connectivity index (χ2v) is 4.68. The zero-order valence-electron chi connectivity index (χ0n) is 10.1. The van der Waals surface area contributed by atoms with Crippen LogP contribution in [0.2, 0.25) is 0 Å². The van der Waals surface area contributed by atoms with Crippen LogP contribution in [0.4, 0.5) is 0 Å². The third kappa shape index (κ3) is 2.93. The van der Waals surface area contributed by atoms with Crippen LogP contribution in [-0.4, -0.2) is 23.0 Å². The third-order valence-corrected chi connectivity index (χ3v) is 3.39. The number of hydrogen-bond acceptors (Lipinski definition) is 3. The summed E-state index contributed by atoms with van der Waals surface area (Å²) in [6.07, 6.45) is 1.33. The highest BCUT2D eigenvalue weighted by Crippen LogP contribution is 2.23. The van der Waals surface area contributed by atoms with Gasteiger partial charge in [-0.25, -0.2) is 0 Å². The molecular formula is C14H19NO2. The molecule has 2 rings (SSSR count). The quantitative estimate of drug-likeness (QED) is 0.837. The fourth-order valence-electron chi connectivity index (χ4n) is 2.37. The lowest BCUT2D eigenvalue weighted by Gasteiger charge is -2.32. The number of carbonyl (C=O) groups excluding carboxylic acids is 1. The minimum atomic E-state index is -0.602. The van der Waals surface area contributed by atoms with E-state index in [9.17, 15) is 9.90 Å². The Morgan fingerprint density at radius 1 is 1.35 bits per heavy atom. The van der Waals surface area contributed by atoms with Gasteiger partial charge in [0.05, 0.1) is 6.10 Å². The summed E-state index contributed by atoms with van der Waals surface area (Å²) in [4.78, 5) is 11.6. The summed E-state index contributed by atoms with van der Waals surface area (Å²) < 4.78 is 0. The highest BCUT2D eigenvalue weighted by atomic mass is 16.3. The predicted molar refractivity (Wildman–Crippen MR) is 66.6 cm³/mol. The Hall–Kier alpha value is -1.19. The highest BCUT2D eigenvalue weighted by Gasteiger charge is 2.30. The van der Waals surface area contributed by atoms with E-state index in [1.807, 2.05) is 30.3 Å². The summed E-state index contributed by atoms with van der Waals surface area (Å²) in [5, 5.41) is 13.6. The molecule has 0 bridgehead atoms. The van der Waals surface area contributed by atoms with Crippen molar-refractivity contribution in [3.8, 4) is 0 Å². The van der Waals surface area contributed by atoms with E-state index < -0.39 is 6.10 Å². The van der Waals surface area contributed by atoms with E-state index in [0.29, 0.717) is 12.8 Å². The molecule has 1 fully saturated rings. The van der Waals surface area contributed by atoms with Crippen molar-refractivity contribution in [3.63, 3.8) is 0 Å². The van der Waals surface area contributed by atoms with Crippen LogP contribution < -0.4 is 5.32 Å². The van der Waals surface area contributed by atoms with E-state index in [1.165, 1.54) is 0 Å². The molecule has 1 aromatic carbocycles. The van der Waals surface area contributed by atoms with Crippen LogP contribution in [0.25, 0.3) is 0 Å². The predicted octanol–water partition coefficient (Wildman–Crippen LogP) is 1.82. The highest BCUT2D eigenvalue weighted by molar-refractivity contribution is 5.80. The summed E-state index contributed by atoms with van der Waals surface area (Å²) in [7, 11) is 0. The van der Waals surface area contributed by atoms with Gasteiger partial charge in [-0.1, -0.05) is 37.3 Å². The Labute approximate surface area is 102 Å². The number of nitrogens with one attached hydrogen (secondary N) is 1. The van der Waals surface area contributed by atoms with Crippen LogP contribution in [0, 0.1) is 0 Å². The molecule has 1 aliphatic heterocycles. The number of carbonyl (C=O) groups is 1. The lowest BCUT2D eigenvalue weighted by atomic mass is 9.90. The molecule has 0 amide bonds. The average molecular weight is 233 g/mol. The van der Waals surface area contributed by atoms with Gasteiger partial charge in [-0.05, 0) is 12.0 Å². The zero-order valence-corrected chi connectivity index (χ0v) is 10.1. The molecule has 17 heavy (non-hydrogen) atoms. The molecule has 0 aliphatic carbocycles. The lowest BCUT2D eigenvalue weighted by molar-refractivity contribution is -0.122. The smallest absolute Gasteiger partial charge is 0.136 e. The van der Waals surface area contributed by atoms with Crippen molar-refractivity contribution in [2.45, 2.75) is 44.4 Å². The van der Waals surface area contributed by atoms with Crippen molar-refractivity contribution < 1.29 is 9.90 Å². The Kier molecular flexibility index (Phi) is 3.92. The Morgan fingerprint density at radius 2 is 2.06 bits per heavy atom. The number of aliphatic hydroxyl groups excluding tert-OH is 1. The Morgan fingerprint density at radius 3 is 2.71 bits per heavy atom. The normalized spacial score (nSPS) is 26.8. The second-order valence-electron chi connectivity index (χ2n) is 4.68. The minimum absolute atomic E-state index is 0.149. The number of rotatable bonds is 3. The van der Waals surface area contributed by atoms with Gasteiger partial charge in [-0.2, -0.15) is 0 Å². The van der Waals surface area contributed by atoms with E-state index in [2.05, 4.69) is 12.2 Å². The number of ketones is 1. The molecule has 0 radical (unpaired) electrons. The van der Waals surface area contributed by atoms with Gasteiger partial charge >= 0.3 is 0 Å².